The molecule has 122 valence electrons. The van der Waals surface area contributed by atoms with Crippen molar-refractivity contribution < 1.29 is 4.74 Å². The molecule has 1 aliphatic rings. The van der Waals surface area contributed by atoms with Crippen LogP contribution in [0.15, 0.2) is 48.5 Å². The zero-order valence-corrected chi connectivity index (χ0v) is 14.1. The van der Waals surface area contributed by atoms with Gasteiger partial charge in [-0.25, -0.2) is 0 Å². The van der Waals surface area contributed by atoms with Gasteiger partial charge in [0.25, 0.3) is 0 Å². The van der Waals surface area contributed by atoms with Crippen molar-refractivity contribution in [1.82, 2.24) is 10.2 Å². The topological polar surface area (TPSA) is 24.5 Å². The summed E-state index contributed by atoms with van der Waals surface area (Å²) in [7, 11) is 0. The molecule has 2 aromatic carbocycles. The quantitative estimate of drug-likeness (QED) is 0.916. The van der Waals surface area contributed by atoms with Gasteiger partial charge in [0.05, 0.1) is 12.6 Å². The fourth-order valence-corrected chi connectivity index (χ4v) is 3.31. The number of ether oxygens (including phenoxy) is 1. The van der Waals surface area contributed by atoms with Gasteiger partial charge in [0, 0.05) is 26.2 Å². The summed E-state index contributed by atoms with van der Waals surface area (Å²) in [6, 6.07) is 17.8. The number of hydrogen-bond donors (Lipinski definition) is 1. The number of aryl methyl sites for hydroxylation is 1. The number of rotatable bonds is 5. The summed E-state index contributed by atoms with van der Waals surface area (Å²) in [5, 5.41) is 3.45. The van der Waals surface area contributed by atoms with Gasteiger partial charge in [0.2, 0.25) is 0 Å². The van der Waals surface area contributed by atoms with E-state index in [0.29, 0.717) is 12.6 Å². The summed E-state index contributed by atoms with van der Waals surface area (Å²) in [6.45, 7) is 9.15. The highest BCUT2D eigenvalue weighted by atomic mass is 16.5. The van der Waals surface area contributed by atoms with E-state index in [1.807, 2.05) is 6.92 Å². The highest BCUT2D eigenvalue weighted by Crippen LogP contribution is 2.30. The number of nitrogens with one attached hydrogen (secondary N) is 1. The molecule has 1 fully saturated rings. The third-order valence-corrected chi connectivity index (χ3v) is 4.38. The fraction of sp³-hybridized carbons (Fsp3) is 0.400. The van der Waals surface area contributed by atoms with Gasteiger partial charge < -0.3 is 10.1 Å². The van der Waals surface area contributed by atoms with Crippen molar-refractivity contribution in [3.63, 3.8) is 0 Å². The van der Waals surface area contributed by atoms with E-state index < -0.39 is 0 Å². The van der Waals surface area contributed by atoms with Gasteiger partial charge in [0.1, 0.15) is 5.75 Å². The number of hydrogen-bond acceptors (Lipinski definition) is 3. The van der Waals surface area contributed by atoms with Crippen LogP contribution in [0.1, 0.15) is 29.7 Å². The van der Waals surface area contributed by atoms with Crippen LogP contribution in [0.2, 0.25) is 0 Å². The molecule has 1 unspecified atom stereocenters. The van der Waals surface area contributed by atoms with Crippen molar-refractivity contribution in [1.29, 1.82) is 0 Å². The van der Waals surface area contributed by atoms with E-state index in [1.54, 1.807) is 0 Å². The van der Waals surface area contributed by atoms with Crippen LogP contribution in [-0.4, -0.2) is 37.7 Å². The minimum absolute atomic E-state index is 0.313. The molecule has 0 radical (unpaired) electrons. The lowest BCUT2D eigenvalue weighted by molar-refractivity contribution is 0.198. The molecule has 0 amide bonds. The fourth-order valence-electron chi connectivity index (χ4n) is 3.31. The van der Waals surface area contributed by atoms with E-state index in [0.717, 1.165) is 31.9 Å². The zero-order chi connectivity index (χ0) is 16.1. The second kappa shape index (κ2) is 7.62. The number of benzene rings is 2. The zero-order valence-electron chi connectivity index (χ0n) is 14.1. The van der Waals surface area contributed by atoms with E-state index in [1.165, 1.54) is 16.7 Å². The van der Waals surface area contributed by atoms with E-state index >= 15 is 0 Å². The smallest absolute Gasteiger partial charge is 0.119 e. The van der Waals surface area contributed by atoms with Gasteiger partial charge in [-0.3, -0.25) is 4.90 Å². The summed E-state index contributed by atoms with van der Waals surface area (Å²) < 4.78 is 5.59. The molecule has 0 aromatic heterocycles. The molecule has 1 saturated heterocycles. The molecule has 0 aliphatic carbocycles. The minimum Gasteiger partial charge on any atom is -0.494 e. The van der Waals surface area contributed by atoms with Gasteiger partial charge in [-0.05, 0) is 37.1 Å². The van der Waals surface area contributed by atoms with Crippen LogP contribution in [0.3, 0.4) is 0 Å². The van der Waals surface area contributed by atoms with E-state index in [2.05, 4.69) is 65.7 Å². The molecule has 3 nitrogen and oxygen atoms in total. The van der Waals surface area contributed by atoms with Crippen molar-refractivity contribution in [2.45, 2.75) is 19.9 Å². The lowest BCUT2D eigenvalue weighted by atomic mass is 9.95. The van der Waals surface area contributed by atoms with Crippen LogP contribution in [0.4, 0.5) is 0 Å². The Balaban J connectivity index is 1.93. The second-order valence-corrected chi connectivity index (χ2v) is 6.10. The van der Waals surface area contributed by atoms with Crippen molar-refractivity contribution >= 4 is 0 Å². The Morgan fingerprint density at radius 1 is 1.04 bits per heavy atom. The molecule has 23 heavy (non-hydrogen) atoms. The SMILES string of the molecule is CCOc1ccc(C(c2cccc(C)c2)N2CCNCC2)cc1. The van der Waals surface area contributed by atoms with Crippen molar-refractivity contribution in [3.8, 4) is 5.75 Å². The number of piperazine rings is 1. The second-order valence-electron chi connectivity index (χ2n) is 6.10. The highest BCUT2D eigenvalue weighted by molar-refractivity contribution is 5.37. The third kappa shape index (κ3) is 3.92. The molecule has 0 spiro atoms. The first-order valence-electron chi connectivity index (χ1n) is 8.52. The maximum absolute atomic E-state index is 5.59. The molecule has 1 heterocycles. The molecule has 1 N–H and O–H groups in total. The van der Waals surface area contributed by atoms with Crippen molar-refractivity contribution in [2.24, 2.45) is 0 Å². The molecule has 0 bridgehead atoms. The van der Waals surface area contributed by atoms with E-state index in [4.69, 9.17) is 4.74 Å². The summed E-state index contributed by atoms with van der Waals surface area (Å²) in [4.78, 5) is 2.57. The van der Waals surface area contributed by atoms with Crippen LogP contribution in [-0.2, 0) is 0 Å². The first kappa shape index (κ1) is 16.0. The summed E-state index contributed by atoms with van der Waals surface area (Å²) in [6.07, 6.45) is 0. The first-order valence-corrected chi connectivity index (χ1v) is 8.52. The molecule has 2 aromatic rings. The molecular formula is C20H26N2O. The molecule has 3 heteroatoms. The predicted molar refractivity (Wildman–Crippen MR) is 95.1 cm³/mol. The minimum atomic E-state index is 0.313. The summed E-state index contributed by atoms with van der Waals surface area (Å²) in [5.74, 6) is 0.944. The summed E-state index contributed by atoms with van der Waals surface area (Å²) in [5.41, 5.74) is 4.02. The average molecular weight is 310 g/mol. The largest absolute Gasteiger partial charge is 0.494 e. The third-order valence-electron chi connectivity index (χ3n) is 4.38. The normalized spacial score (nSPS) is 17.0. The first-order chi connectivity index (χ1) is 11.3. The Bertz CT molecular complexity index is 618. The van der Waals surface area contributed by atoms with Crippen LogP contribution >= 0.6 is 0 Å². The van der Waals surface area contributed by atoms with Crippen LogP contribution in [0.5, 0.6) is 5.75 Å². The highest BCUT2D eigenvalue weighted by Gasteiger charge is 2.23. The van der Waals surface area contributed by atoms with Crippen molar-refractivity contribution in [2.75, 3.05) is 32.8 Å². The molecule has 1 aliphatic heterocycles. The standard InChI is InChI=1S/C20H26N2O/c1-3-23-19-9-7-17(8-10-19)20(22-13-11-21-12-14-22)18-6-4-5-16(2)15-18/h4-10,15,20-21H,3,11-14H2,1-2H3. The maximum atomic E-state index is 5.59. The molecular weight excluding hydrogens is 284 g/mol. The molecule has 1 atom stereocenters. The van der Waals surface area contributed by atoms with Crippen molar-refractivity contribution in [3.05, 3.63) is 65.2 Å². The van der Waals surface area contributed by atoms with E-state index in [9.17, 15) is 0 Å². The lowest BCUT2D eigenvalue weighted by Crippen LogP contribution is -2.45. The number of nitrogens with zero attached hydrogens (tertiary/aromatic N) is 1. The van der Waals surface area contributed by atoms with Crippen LogP contribution < -0.4 is 10.1 Å². The van der Waals surface area contributed by atoms with Crippen LogP contribution in [0.25, 0.3) is 0 Å². The van der Waals surface area contributed by atoms with Gasteiger partial charge in [-0.15, -0.1) is 0 Å². The van der Waals surface area contributed by atoms with Gasteiger partial charge in [-0.1, -0.05) is 42.0 Å². The van der Waals surface area contributed by atoms with Gasteiger partial charge in [-0.2, -0.15) is 0 Å². The van der Waals surface area contributed by atoms with Gasteiger partial charge >= 0.3 is 0 Å². The Kier molecular flexibility index (Phi) is 5.31. The van der Waals surface area contributed by atoms with Gasteiger partial charge in [0.15, 0.2) is 0 Å². The Morgan fingerprint density at radius 2 is 1.78 bits per heavy atom. The average Bonchev–Trinajstić information content (AvgIpc) is 2.58. The summed E-state index contributed by atoms with van der Waals surface area (Å²) >= 11 is 0. The van der Waals surface area contributed by atoms with E-state index in [-0.39, 0.29) is 0 Å². The lowest BCUT2D eigenvalue weighted by Gasteiger charge is -2.35. The predicted octanol–water partition coefficient (Wildman–Crippen LogP) is 3.39. The Labute approximate surface area is 139 Å². The van der Waals surface area contributed by atoms with Crippen LogP contribution in [0, 0.1) is 6.92 Å². The Hall–Kier alpha value is -1.84. The Morgan fingerprint density at radius 3 is 2.43 bits per heavy atom. The molecule has 3 rings (SSSR count). The monoisotopic (exact) mass is 310 g/mol. The maximum Gasteiger partial charge on any atom is 0.119 e. The molecule has 0 saturated carbocycles.